The van der Waals surface area contributed by atoms with E-state index in [0.29, 0.717) is 0 Å². The van der Waals surface area contributed by atoms with Gasteiger partial charge in [0, 0.05) is 10.6 Å². The molecule has 10 heavy (non-hydrogen) atoms. The van der Waals surface area contributed by atoms with E-state index in [1.807, 2.05) is 0 Å². The number of hydrogen-bond donors (Lipinski definition) is 1. The highest BCUT2D eigenvalue weighted by atomic mass is 35.5. The van der Waals surface area contributed by atoms with E-state index in [0.717, 1.165) is 0 Å². The molecule has 0 saturated heterocycles. The predicted molar refractivity (Wildman–Crippen MR) is 40.0 cm³/mol. The first-order valence-electron chi connectivity index (χ1n) is 4.43. The van der Waals surface area contributed by atoms with Gasteiger partial charge < -0.3 is 5.73 Å². The Morgan fingerprint density at radius 1 is 1.50 bits per heavy atom. The normalized spacial score (nSPS) is 14.9. The molecule has 0 aliphatic carbocycles. The van der Waals surface area contributed by atoms with Crippen molar-refractivity contribution >= 4 is 17.5 Å². The second kappa shape index (κ2) is 2.71. The van der Waals surface area contributed by atoms with Crippen LogP contribution in [0.5, 0.6) is 0 Å². The molecule has 52 valence electrons. The van der Waals surface area contributed by atoms with E-state index < -0.39 is 35.6 Å². The summed E-state index contributed by atoms with van der Waals surface area (Å²) in [6.45, 7) is 0. The molecule has 0 bridgehead atoms. The Labute approximate surface area is 69.2 Å². The highest BCUT2D eigenvalue weighted by Gasteiger charge is 1.96. The van der Waals surface area contributed by atoms with E-state index in [2.05, 4.69) is 0 Å². The van der Waals surface area contributed by atoms with Gasteiger partial charge >= 0.3 is 0 Å². The highest BCUT2D eigenvalue weighted by molar-refractivity contribution is 6.30. The number of rotatable bonds is 1. The zero-order valence-corrected chi connectivity index (χ0v) is 5.62. The van der Waals surface area contributed by atoms with Crippen molar-refractivity contribution in [2.45, 2.75) is 0 Å². The zero-order chi connectivity index (χ0) is 11.0. The Balaban J connectivity index is 3.68. The van der Waals surface area contributed by atoms with Gasteiger partial charge in [0.05, 0.1) is 5.48 Å². The van der Waals surface area contributed by atoms with Crippen molar-refractivity contribution in [1.29, 1.82) is 0 Å². The molecule has 0 aliphatic rings. The van der Waals surface area contributed by atoms with E-state index in [4.69, 9.17) is 22.8 Å². The molecule has 0 fully saturated rings. The van der Waals surface area contributed by atoms with E-state index in [1.165, 1.54) is 0 Å². The molecule has 0 atom stereocenters. The van der Waals surface area contributed by atoms with Crippen LogP contribution in [-0.2, 0) is 0 Å². The Morgan fingerprint density at radius 3 is 2.40 bits per heavy atom. The standard InChI is InChI=1S/C7H6ClNO/c8-6-3-1-5(2-4-6)7(9)10/h1-4H,(H2,9,10)/i1D,2D,3D,4D. The average molecular weight is 160 g/mol. The monoisotopic (exact) mass is 159 g/mol. The van der Waals surface area contributed by atoms with E-state index in [9.17, 15) is 4.79 Å². The minimum Gasteiger partial charge on any atom is -0.366 e. The first-order chi connectivity index (χ1) is 6.37. The molecule has 0 spiro atoms. The van der Waals surface area contributed by atoms with Crippen LogP contribution in [0.15, 0.2) is 24.2 Å². The number of benzene rings is 1. The third-order valence-corrected chi connectivity index (χ3v) is 1.03. The van der Waals surface area contributed by atoms with Crippen molar-refractivity contribution in [3.05, 3.63) is 34.8 Å². The van der Waals surface area contributed by atoms with Crippen LogP contribution in [0.1, 0.15) is 15.8 Å². The zero-order valence-electron chi connectivity index (χ0n) is 8.86. The summed E-state index contributed by atoms with van der Waals surface area (Å²) < 4.78 is 29.2. The van der Waals surface area contributed by atoms with Crippen LogP contribution < -0.4 is 5.73 Å². The SMILES string of the molecule is [2H]c1c([2H])c(C(N)=O)c([2H])c([2H])c1Cl. The lowest BCUT2D eigenvalue weighted by molar-refractivity contribution is 0.100. The predicted octanol–water partition coefficient (Wildman–Crippen LogP) is 1.44. The van der Waals surface area contributed by atoms with Crippen molar-refractivity contribution in [1.82, 2.24) is 0 Å². The number of carbonyl (C=O) groups excluding carboxylic acids is 1. The van der Waals surface area contributed by atoms with Crippen LogP contribution in [0.25, 0.3) is 0 Å². The van der Waals surface area contributed by atoms with Gasteiger partial charge in [-0.05, 0) is 24.2 Å². The lowest BCUT2D eigenvalue weighted by Gasteiger charge is -1.92. The number of halogens is 1. The summed E-state index contributed by atoms with van der Waals surface area (Å²) in [7, 11) is 0. The lowest BCUT2D eigenvalue weighted by Crippen LogP contribution is -2.10. The number of nitrogens with two attached hydrogens (primary N) is 1. The molecule has 3 heteroatoms. The van der Waals surface area contributed by atoms with Crippen molar-refractivity contribution in [3.8, 4) is 0 Å². The summed E-state index contributed by atoms with van der Waals surface area (Å²) in [5.74, 6) is -1.00. The van der Waals surface area contributed by atoms with E-state index in [-0.39, 0.29) is 5.02 Å². The second-order valence-corrected chi connectivity index (χ2v) is 1.93. The van der Waals surface area contributed by atoms with E-state index in [1.54, 1.807) is 0 Å². The Hall–Kier alpha value is -1.02. The van der Waals surface area contributed by atoms with Crippen molar-refractivity contribution in [2.75, 3.05) is 0 Å². The highest BCUT2D eigenvalue weighted by Crippen LogP contribution is 2.08. The van der Waals surface area contributed by atoms with Gasteiger partial charge in [-0.25, -0.2) is 0 Å². The largest absolute Gasteiger partial charge is 0.366 e. The molecule has 0 radical (unpaired) electrons. The van der Waals surface area contributed by atoms with Gasteiger partial charge in [0.15, 0.2) is 0 Å². The molecule has 0 unspecified atom stereocenters. The van der Waals surface area contributed by atoms with Crippen LogP contribution in [0.3, 0.4) is 0 Å². The van der Waals surface area contributed by atoms with Gasteiger partial charge in [-0.2, -0.15) is 0 Å². The Kier molecular flexibility index (Phi) is 0.919. The fourth-order valence-electron chi connectivity index (χ4n) is 0.420. The second-order valence-electron chi connectivity index (χ2n) is 1.55. The van der Waals surface area contributed by atoms with Crippen molar-refractivity contribution < 1.29 is 10.3 Å². The summed E-state index contributed by atoms with van der Waals surface area (Å²) >= 11 is 5.50. The third kappa shape index (κ3) is 1.48. The summed E-state index contributed by atoms with van der Waals surface area (Å²) in [5, 5.41) is -0.315. The van der Waals surface area contributed by atoms with Crippen LogP contribution in [-0.4, -0.2) is 5.91 Å². The molecule has 0 aromatic heterocycles. The quantitative estimate of drug-likeness (QED) is 0.662. The van der Waals surface area contributed by atoms with Gasteiger partial charge in [-0.3, -0.25) is 4.79 Å². The summed E-state index contributed by atoms with van der Waals surface area (Å²) in [6.07, 6.45) is 0. The fraction of sp³-hybridized carbons (Fsp3) is 0. The van der Waals surface area contributed by atoms with Crippen LogP contribution in [0.4, 0.5) is 0 Å². The van der Waals surface area contributed by atoms with Gasteiger partial charge in [-0.1, -0.05) is 11.6 Å². The number of hydrogen-bond acceptors (Lipinski definition) is 1. The van der Waals surface area contributed by atoms with Crippen LogP contribution in [0.2, 0.25) is 5.02 Å². The van der Waals surface area contributed by atoms with Crippen molar-refractivity contribution in [2.24, 2.45) is 5.73 Å². The first-order valence-corrected chi connectivity index (χ1v) is 2.81. The number of carbonyl (C=O) groups is 1. The molecule has 1 amide bonds. The number of amides is 1. The summed E-state index contributed by atoms with van der Waals surface area (Å²) in [6, 6.07) is -1.94. The summed E-state index contributed by atoms with van der Waals surface area (Å²) in [4.78, 5) is 10.8. The van der Waals surface area contributed by atoms with Crippen LogP contribution in [0, 0.1) is 0 Å². The molecule has 2 N–H and O–H groups in total. The molecule has 0 saturated carbocycles. The van der Waals surface area contributed by atoms with Gasteiger partial charge in [0.2, 0.25) is 5.91 Å². The van der Waals surface area contributed by atoms with Crippen molar-refractivity contribution in [3.63, 3.8) is 0 Å². The lowest BCUT2D eigenvalue weighted by atomic mass is 10.2. The molecular weight excluding hydrogens is 150 g/mol. The van der Waals surface area contributed by atoms with Gasteiger partial charge in [0.25, 0.3) is 0 Å². The Bertz CT molecular complexity index is 392. The van der Waals surface area contributed by atoms with Crippen LogP contribution >= 0.6 is 11.6 Å². The molecule has 1 aromatic rings. The minimum atomic E-state index is -1.00. The number of primary amides is 1. The molecule has 0 heterocycles. The Morgan fingerprint density at radius 2 is 2.00 bits per heavy atom. The maximum Gasteiger partial charge on any atom is 0.248 e. The maximum atomic E-state index is 10.8. The first kappa shape index (κ1) is 3.39. The maximum absolute atomic E-state index is 10.8. The average Bonchev–Trinajstić information content (AvgIpc) is 2.11. The molecule has 1 rings (SSSR count). The molecule has 2 nitrogen and oxygen atoms in total. The van der Waals surface area contributed by atoms with E-state index >= 15 is 0 Å². The third-order valence-electron chi connectivity index (χ3n) is 0.841. The molecule has 1 aromatic carbocycles. The van der Waals surface area contributed by atoms with Gasteiger partial charge in [-0.15, -0.1) is 0 Å². The fourth-order valence-corrected chi connectivity index (χ4v) is 0.515. The molecular formula is C7H6ClNO. The molecule has 0 aliphatic heterocycles. The summed E-state index contributed by atoms with van der Waals surface area (Å²) in [5.41, 5.74) is 4.47. The topological polar surface area (TPSA) is 43.1 Å². The van der Waals surface area contributed by atoms with Gasteiger partial charge in [0.1, 0.15) is 0 Å². The smallest absolute Gasteiger partial charge is 0.248 e. The minimum absolute atomic E-state index is 0.315.